The molecule has 7 heteroatoms. The van der Waals surface area contributed by atoms with E-state index in [9.17, 15) is 18.0 Å². The highest BCUT2D eigenvalue weighted by molar-refractivity contribution is 5.92. The number of carbonyl (C=O) groups excluding carboxylic acids is 1. The molecular weight excluding hydrogens is 359 g/mol. The highest BCUT2D eigenvalue weighted by atomic mass is 19.3. The molecule has 144 valence electrons. The van der Waals surface area contributed by atoms with Crippen LogP contribution in [0, 0.1) is 5.82 Å². The minimum absolute atomic E-state index is 0.0852. The van der Waals surface area contributed by atoms with Crippen LogP contribution in [0.4, 0.5) is 13.2 Å². The van der Waals surface area contributed by atoms with E-state index >= 15 is 0 Å². The van der Waals surface area contributed by atoms with Crippen LogP contribution in [0.1, 0.15) is 24.1 Å². The Morgan fingerprint density at radius 3 is 2.37 bits per heavy atom. The summed E-state index contributed by atoms with van der Waals surface area (Å²) in [4.78, 5) is 13.9. The van der Waals surface area contributed by atoms with E-state index in [0.29, 0.717) is 5.56 Å². The summed E-state index contributed by atoms with van der Waals surface area (Å²) in [6, 6.07) is 10.1. The Bertz CT molecular complexity index is 807. The van der Waals surface area contributed by atoms with Gasteiger partial charge in [0, 0.05) is 13.1 Å². The SMILES string of the molecule is COc1cc(/C=C/C(=O)N(C)C(C)c2ccc(F)cc2)ccc1OC(F)F. The quantitative estimate of drug-likeness (QED) is 0.657. The predicted octanol–water partition coefficient (Wildman–Crippen LogP) is 4.67. The fraction of sp³-hybridized carbons (Fsp3) is 0.250. The van der Waals surface area contributed by atoms with Gasteiger partial charge in [0.05, 0.1) is 13.2 Å². The zero-order valence-electron chi connectivity index (χ0n) is 15.2. The van der Waals surface area contributed by atoms with Crippen LogP contribution >= 0.6 is 0 Å². The van der Waals surface area contributed by atoms with E-state index in [2.05, 4.69) is 4.74 Å². The number of hydrogen-bond donors (Lipinski definition) is 0. The lowest BCUT2D eigenvalue weighted by atomic mass is 10.1. The molecule has 27 heavy (non-hydrogen) atoms. The van der Waals surface area contributed by atoms with Crippen LogP contribution in [-0.2, 0) is 4.79 Å². The smallest absolute Gasteiger partial charge is 0.387 e. The number of nitrogens with zero attached hydrogens (tertiary/aromatic N) is 1. The number of rotatable bonds is 7. The molecule has 1 unspecified atom stereocenters. The summed E-state index contributed by atoms with van der Waals surface area (Å²) in [7, 11) is 2.98. The first kappa shape index (κ1) is 20.4. The van der Waals surface area contributed by atoms with Crippen LogP contribution in [0.2, 0.25) is 0 Å². The summed E-state index contributed by atoms with van der Waals surface area (Å²) >= 11 is 0. The van der Waals surface area contributed by atoms with Crippen molar-refractivity contribution in [1.82, 2.24) is 4.90 Å². The monoisotopic (exact) mass is 379 g/mol. The number of benzene rings is 2. The fourth-order valence-corrected chi connectivity index (χ4v) is 2.42. The number of alkyl halides is 2. The van der Waals surface area contributed by atoms with Crippen molar-refractivity contribution in [2.75, 3.05) is 14.2 Å². The summed E-state index contributed by atoms with van der Waals surface area (Å²) in [5, 5.41) is 0. The van der Waals surface area contributed by atoms with Crippen molar-refractivity contribution < 1.29 is 27.4 Å². The first-order chi connectivity index (χ1) is 12.8. The Kier molecular flexibility index (Phi) is 6.87. The second-order valence-electron chi connectivity index (χ2n) is 5.80. The average Bonchev–Trinajstić information content (AvgIpc) is 2.65. The maximum Gasteiger partial charge on any atom is 0.387 e. The highest BCUT2D eigenvalue weighted by Gasteiger charge is 2.15. The summed E-state index contributed by atoms with van der Waals surface area (Å²) in [6.45, 7) is -1.12. The van der Waals surface area contributed by atoms with Gasteiger partial charge in [-0.3, -0.25) is 4.79 Å². The molecule has 0 saturated carbocycles. The third-order valence-electron chi connectivity index (χ3n) is 4.10. The van der Waals surface area contributed by atoms with Crippen molar-refractivity contribution in [2.45, 2.75) is 19.6 Å². The molecule has 0 aliphatic rings. The van der Waals surface area contributed by atoms with Gasteiger partial charge in [0.15, 0.2) is 11.5 Å². The summed E-state index contributed by atoms with van der Waals surface area (Å²) < 4.78 is 47.1. The second-order valence-corrected chi connectivity index (χ2v) is 5.80. The lowest BCUT2D eigenvalue weighted by molar-refractivity contribution is -0.126. The van der Waals surface area contributed by atoms with Crippen molar-refractivity contribution >= 4 is 12.0 Å². The van der Waals surface area contributed by atoms with Gasteiger partial charge >= 0.3 is 6.61 Å². The third kappa shape index (κ3) is 5.51. The topological polar surface area (TPSA) is 38.8 Å². The van der Waals surface area contributed by atoms with Gasteiger partial charge in [0.25, 0.3) is 0 Å². The van der Waals surface area contributed by atoms with Crippen LogP contribution in [0.3, 0.4) is 0 Å². The van der Waals surface area contributed by atoms with Gasteiger partial charge in [-0.15, -0.1) is 0 Å². The molecule has 0 spiro atoms. The molecule has 0 heterocycles. The lowest BCUT2D eigenvalue weighted by Gasteiger charge is -2.24. The Morgan fingerprint density at radius 2 is 1.78 bits per heavy atom. The van der Waals surface area contributed by atoms with Gasteiger partial charge in [-0.05, 0) is 48.4 Å². The van der Waals surface area contributed by atoms with Crippen molar-refractivity contribution in [3.63, 3.8) is 0 Å². The molecule has 1 amide bonds. The van der Waals surface area contributed by atoms with Crippen LogP contribution in [0.15, 0.2) is 48.5 Å². The van der Waals surface area contributed by atoms with Crippen LogP contribution in [0.25, 0.3) is 6.08 Å². The predicted molar refractivity (Wildman–Crippen MR) is 96.2 cm³/mol. The molecule has 0 aromatic heterocycles. The minimum atomic E-state index is -2.96. The molecule has 0 saturated heterocycles. The number of ether oxygens (including phenoxy) is 2. The van der Waals surface area contributed by atoms with E-state index in [-0.39, 0.29) is 29.3 Å². The van der Waals surface area contributed by atoms with E-state index in [1.165, 1.54) is 48.4 Å². The molecule has 0 N–H and O–H groups in total. The van der Waals surface area contributed by atoms with Crippen molar-refractivity contribution in [1.29, 1.82) is 0 Å². The molecular formula is C20H20F3NO3. The van der Waals surface area contributed by atoms with Gasteiger partial charge in [-0.1, -0.05) is 18.2 Å². The fourth-order valence-electron chi connectivity index (χ4n) is 2.42. The number of halogens is 3. The Labute approximate surface area is 155 Å². The molecule has 0 aliphatic carbocycles. The van der Waals surface area contributed by atoms with Gasteiger partial charge in [-0.25, -0.2) is 4.39 Å². The molecule has 0 fully saturated rings. The third-order valence-corrected chi connectivity index (χ3v) is 4.10. The Morgan fingerprint density at radius 1 is 1.11 bits per heavy atom. The molecule has 1 atom stereocenters. The van der Waals surface area contributed by atoms with E-state index in [1.807, 2.05) is 6.92 Å². The Balaban J connectivity index is 2.09. The first-order valence-electron chi connectivity index (χ1n) is 8.15. The van der Waals surface area contributed by atoms with E-state index in [1.54, 1.807) is 25.3 Å². The molecule has 0 aliphatic heterocycles. The minimum Gasteiger partial charge on any atom is -0.493 e. The number of carbonyl (C=O) groups is 1. The highest BCUT2D eigenvalue weighted by Crippen LogP contribution is 2.30. The van der Waals surface area contributed by atoms with Crippen molar-refractivity contribution in [3.05, 3.63) is 65.5 Å². The summed E-state index contributed by atoms with van der Waals surface area (Å²) in [5.74, 6) is -0.553. The van der Waals surface area contributed by atoms with E-state index in [0.717, 1.165) is 5.56 Å². The van der Waals surface area contributed by atoms with Gasteiger partial charge < -0.3 is 14.4 Å². The van der Waals surface area contributed by atoms with Gasteiger partial charge in [0.1, 0.15) is 5.82 Å². The first-order valence-corrected chi connectivity index (χ1v) is 8.15. The van der Waals surface area contributed by atoms with Crippen molar-refractivity contribution in [2.24, 2.45) is 0 Å². The number of hydrogen-bond acceptors (Lipinski definition) is 3. The summed E-state index contributed by atoms with van der Waals surface area (Å²) in [6.07, 6.45) is 2.91. The van der Waals surface area contributed by atoms with Crippen LogP contribution in [0.5, 0.6) is 11.5 Å². The zero-order chi connectivity index (χ0) is 20.0. The largest absolute Gasteiger partial charge is 0.493 e. The van der Waals surface area contributed by atoms with E-state index in [4.69, 9.17) is 4.74 Å². The molecule has 4 nitrogen and oxygen atoms in total. The van der Waals surface area contributed by atoms with Crippen LogP contribution < -0.4 is 9.47 Å². The molecule has 2 rings (SSSR count). The Hall–Kier alpha value is -2.96. The van der Waals surface area contributed by atoms with Gasteiger partial charge in [0.2, 0.25) is 5.91 Å². The number of methoxy groups -OCH3 is 1. The molecule has 0 bridgehead atoms. The second kappa shape index (κ2) is 9.12. The maximum absolute atomic E-state index is 13.0. The summed E-state index contributed by atoms with van der Waals surface area (Å²) in [5.41, 5.74) is 1.39. The normalized spacial score (nSPS) is 12.3. The maximum atomic E-state index is 13.0. The van der Waals surface area contributed by atoms with E-state index < -0.39 is 6.61 Å². The average molecular weight is 379 g/mol. The number of amides is 1. The van der Waals surface area contributed by atoms with Crippen molar-refractivity contribution in [3.8, 4) is 11.5 Å². The lowest BCUT2D eigenvalue weighted by Crippen LogP contribution is -2.27. The standard InChI is InChI=1S/C20H20F3NO3/c1-13(15-6-8-16(21)9-7-15)24(2)19(25)11-5-14-4-10-17(27-20(22)23)18(12-14)26-3/h4-13,20H,1-3H3/b11-5+. The van der Waals surface area contributed by atoms with Crippen LogP contribution in [-0.4, -0.2) is 31.6 Å². The zero-order valence-corrected chi connectivity index (χ0v) is 15.2. The number of likely N-dealkylation sites (N-methyl/N-ethyl adjacent to an activating group) is 1. The molecule has 2 aromatic carbocycles. The van der Waals surface area contributed by atoms with Gasteiger partial charge in [-0.2, -0.15) is 8.78 Å². The molecule has 0 radical (unpaired) electrons. The molecule has 2 aromatic rings.